The lowest BCUT2D eigenvalue weighted by Crippen LogP contribution is -2.45. The average Bonchev–Trinajstić information content (AvgIpc) is 2.71. The zero-order valence-corrected chi connectivity index (χ0v) is 16.1. The number of piperazine rings is 1. The molecule has 2 aromatic rings. The van der Waals surface area contributed by atoms with E-state index in [1.54, 1.807) is 14.2 Å². The van der Waals surface area contributed by atoms with Crippen LogP contribution in [0.15, 0.2) is 48.5 Å². The summed E-state index contributed by atoms with van der Waals surface area (Å²) in [5.74, 6) is 0.960. The summed E-state index contributed by atoms with van der Waals surface area (Å²) in [6, 6.07) is 14.2. The van der Waals surface area contributed by atoms with Crippen LogP contribution in [0.4, 0.5) is 0 Å². The molecule has 1 N–H and O–H groups in total. The highest BCUT2D eigenvalue weighted by Gasteiger charge is 2.18. The van der Waals surface area contributed by atoms with Gasteiger partial charge in [-0.3, -0.25) is 9.80 Å². The van der Waals surface area contributed by atoms with E-state index >= 15 is 0 Å². The van der Waals surface area contributed by atoms with Crippen LogP contribution in [0.3, 0.4) is 0 Å². The molecule has 5 nitrogen and oxygen atoms in total. The van der Waals surface area contributed by atoms with Gasteiger partial charge in [0, 0.05) is 39.3 Å². The Bertz CT molecular complexity index is 728. The summed E-state index contributed by atoms with van der Waals surface area (Å²) in [6.45, 7) is 5.93. The fourth-order valence-corrected chi connectivity index (χ4v) is 3.33. The van der Waals surface area contributed by atoms with Crippen LogP contribution in [0.2, 0.25) is 0 Å². The second-order valence-corrected chi connectivity index (χ2v) is 6.74. The van der Waals surface area contributed by atoms with E-state index in [0.717, 1.165) is 44.8 Å². The van der Waals surface area contributed by atoms with Gasteiger partial charge in [-0.25, -0.2) is 0 Å². The Labute approximate surface area is 161 Å². The Hall–Kier alpha value is -2.50. The Morgan fingerprint density at radius 1 is 0.926 bits per heavy atom. The average molecular weight is 368 g/mol. The molecule has 1 heterocycles. The van der Waals surface area contributed by atoms with E-state index in [2.05, 4.69) is 46.2 Å². The molecule has 0 aliphatic carbocycles. The van der Waals surface area contributed by atoms with E-state index in [-0.39, 0.29) is 5.75 Å². The largest absolute Gasteiger partial charge is 0.502 e. The maximum Gasteiger partial charge on any atom is 0.200 e. The monoisotopic (exact) mass is 368 g/mol. The van der Waals surface area contributed by atoms with Crippen LogP contribution in [0.5, 0.6) is 17.2 Å². The van der Waals surface area contributed by atoms with E-state index in [1.807, 2.05) is 18.2 Å². The molecule has 0 amide bonds. The molecule has 0 aromatic heterocycles. The van der Waals surface area contributed by atoms with Crippen LogP contribution in [-0.2, 0) is 6.54 Å². The van der Waals surface area contributed by atoms with E-state index < -0.39 is 0 Å². The second-order valence-electron chi connectivity index (χ2n) is 6.74. The van der Waals surface area contributed by atoms with Crippen LogP contribution < -0.4 is 9.47 Å². The summed E-state index contributed by atoms with van der Waals surface area (Å²) in [5.41, 5.74) is 2.32. The third-order valence-corrected chi connectivity index (χ3v) is 4.88. The molecule has 1 aliphatic heterocycles. The van der Waals surface area contributed by atoms with Crippen LogP contribution in [-0.4, -0.2) is 61.8 Å². The van der Waals surface area contributed by atoms with Gasteiger partial charge in [0.05, 0.1) is 14.2 Å². The first kappa shape index (κ1) is 19.3. The van der Waals surface area contributed by atoms with Crippen LogP contribution >= 0.6 is 0 Å². The first-order valence-electron chi connectivity index (χ1n) is 9.29. The number of hydrogen-bond acceptors (Lipinski definition) is 5. The lowest BCUT2D eigenvalue weighted by molar-refractivity contribution is 0.137. The smallest absolute Gasteiger partial charge is 0.200 e. The molecule has 0 bridgehead atoms. The molecule has 1 aliphatic rings. The van der Waals surface area contributed by atoms with Crippen LogP contribution in [0.1, 0.15) is 11.1 Å². The van der Waals surface area contributed by atoms with Crippen LogP contribution in [0, 0.1) is 0 Å². The molecule has 1 saturated heterocycles. The summed E-state index contributed by atoms with van der Waals surface area (Å²) in [7, 11) is 3.11. The lowest BCUT2D eigenvalue weighted by atomic mass is 10.1. The topological polar surface area (TPSA) is 45.2 Å². The van der Waals surface area contributed by atoms with E-state index in [1.165, 1.54) is 5.56 Å². The molecule has 5 heteroatoms. The molecule has 3 rings (SSSR count). The maximum absolute atomic E-state index is 10.0. The van der Waals surface area contributed by atoms with Gasteiger partial charge in [-0.05, 0) is 23.3 Å². The highest BCUT2D eigenvalue weighted by atomic mass is 16.5. The number of rotatable bonds is 7. The van der Waals surface area contributed by atoms with Crippen molar-refractivity contribution in [3.05, 3.63) is 59.7 Å². The van der Waals surface area contributed by atoms with Gasteiger partial charge in [0.1, 0.15) is 0 Å². The molecule has 0 spiro atoms. The number of aromatic hydroxyl groups is 1. The molecular formula is C22H28N2O3. The van der Waals surface area contributed by atoms with Crippen molar-refractivity contribution in [2.24, 2.45) is 0 Å². The summed E-state index contributed by atoms with van der Waals surface area (Å²) in [6.07, 6.45) is 4.42. The van der Waals surface area contributed by atoms with Crippen molar-refractivity contribution in [1.82, 2.24) is 9.80 Å². The first-order chi connectivity index (χ1) is 13.2. The highest BCUT2D eigenvalue weighted by molar-refractivity contribution is 5.52. The van der Waals surface area contributed by atoms with Crippen molar-refractivity contribution in [3.8, 4) is 17.2 Å². The van der Waals surface area contributed by atoms with Crippen molar-refractivity contribution in [1.29, 1.82) is 0 Å². The summed E-state index contributed by atoms with van der Waals surface area (Å²) < 4.78 is 10.5. The van der Waals surface area contributed by atoms with Crippen molar-refractivity contribution < 1.29 is 14.6 Å². The molecule has 0 radical (unpaired) electrons. The molecule has 2 aromatic carbocycles. The van der Waals surface area contributed by atoms with Gasteiger partial charge >= 0.3 is 0 Å². The van der Waals surface area contributed by atoms with Gasteiger partial charge in [0.15, 0.2) is 11.5 Å². The van der Waals surface area contributed by atoms with Gasteiger partial charge in [-0.1, -0.05) is 42.5 Å². The van der Waals surface area contributed by atoms with Gasteiger partial charge in [-0.2, -0.15) is 0 Å². The molecule has 0 atom stereocenters. The number of nitrogens with zero attached hydrogens (tertiary/aromatic N) is 2. The van der Waals surface area contributed by atoms with Crippen molar-refractivity contribution in [2.45, 2.75) is 6.54 Å². The van der Waals surface area contributed by atoms with Crippen molar-refractivity contribution in [2.75, 3.05) is 46.9 Å². The fraction of sp³-hybridized carbons (Fsp3) is 0.364. The summed E-state index contributed by atoms with van der Waals surface area (Å²) in [4.78, 5) is 4.89. The number of phenolic OH excluding ortho intramolecular Hbond substituents is 1. The molecule has 0 unspecified atom stereocenters. The Morgan fingerprint density at radius 2 is 1.52 bits per heavy atom. The van der Waals surface area contributed by atoms with E-state index in [4.69, 9.17) is 9.47 Å². The zero-order valence-electron chi connectivity index (χ0n) is 16.1. The van der Waals surface area contributed by atoms with Gasteiger partial charge < -0.3 is 14.6 Å². The fourth-order valence-electron chi connectivity index (χ4n) is 3.33. The van der Waals surface area contributed by atoms with Gasteiger partial charge in [0.25, 0.3) is 0 Å². The number of methoxy groups -OCH3 is 2. The molecule has 1 fully saturated rings. The Kier molecular flexibility index (Phi) is 6.74. The van der Waals surface area contributed by atoms with E-state index in [0.29, 0.717) is 11.5 Å². The number of phenols is 1. The molecular weight excluding hydrogens is 340 g/mol. The minimum Gasteiger partial charge on any atom is -0.502 e. The maximum atomic E-state index is 10.0. The summed E-state index contributed by atoms with van der Waals surface area (Å²) in [5, 5.41) is 10.0. The predicted octanol–water partition coefficient (Wildman–Crippen LogP) is 3.24. The van der Waals surface area contributed by atoms with Gasteiger partial charge in [0.2, 0.25) is 5.75 Å². The lowest BCUT2D eigenvalue weighted by Gasteiger charge is -2.34. The predicted molar refractivity (Wildman–Crippen MR) is 108 cm³/mol. The molecule has 0 saturated carbocycles. The third kappa shape index (κ3) is 5.25. The standard InChI is InChI=1S/C22H28N2O3/c1-26-20-15-19(16-21(27-2)22(20)25)17-24-13-11-23(12-14-24)10-6-9-18-7-4-3-5-8-18/h3-9,15-16,25H,10-14,17H2,1-2H3/b9-6+. The number of ether oxygens (including phenoxy) is 2. The van der Waals surface area contributed by atoms with Crippen LogP contribution in [0.25, 0.3) is 6.08 Å². The number of hydrogen-bond donors (Lipinski definition) is 1. The zero-order chi connectivity index (χ0) is 19.1. The molecule has 144 valence electrons. The normalized spacial score (nSPS) is 15.9. The van der Waals surface area contributed by atoms with Crippen molar-refractivity contribution in [3.63, 3.8) is 0 Å². The first-order valence-corrected chi connectivity index (χ1v) is 9.29. The van der Waals surface area contributed by atoms with Crippen molar-refractivity contribution >= 4 is 6.08 Å². The number of benzene rings is 2. The summed E-state index contributed by atoms with van der Waals surface area (Å²) >= 11 is 0. The third-order valence-electron chi connectivity index (χ3n) is 4.88. The Balaban J connectivity index is 1.50. The minimum absolute atomic E-state index is 0.0544. The minimum atomic E-state index is 0.0544. The quantitative estimate of drug-likeness (QED) is 0.813. The van der Waals surface area contributed by atoms with Gasteiger partial charge in [-0.15, -0.1) is 0 Å². The van der Waals surface area contributed by atoms with E-state index in [9.17, 15) is 5.11 Å². The second kappa shape index (κ2) is 9.44. The Morgan fingerprint density at radius 3 is 2.11 bits per heavy atom. The SMILES string of the molecule is COc1cc(CN2CCN(C/C=C/c3ccccc3)CC2)cc(OC)c1O. The highest BCUT2D eigenvalue weighted by Crippen LogP contribution is 2.37. The molecule has 27 heavy (non-hydrogen) atoms.